The molecule has 0 aliphatic rings. The highest BCUT2D eigenvalue weighted by atomic mass is 14.0. The van der Waals surface area contributed by atoms with Crippen molar-refractivity contribution in [3.8, 4) is 0 Å². The van der Waals surface area contributed by atoms with Crippen molar-refractivity contribution in [1.29, 1.82) is 0 Å². The second-order valence-corrected chi connectivity index (χ2v) is 6.28. The lowest BCUT2D eigenvalue weighted by Gasteiger charge is -2.05. The molecule has 0 aliphatic heterocycles. The average Bonchev–Trinajstić information content (AvgIpc) is 2.12. The van der Waals surface area contributed by atoms with Crippen LogP contribution in [0.4, 0.5) is 0 Å². The summed E-state index contributed by atoms with van der Waals surface area (Å²) < 4.78 is 0. The van der Waals surface area contributed by atoms with Gasteiger partial charge >= 0.3 is 0 Å². The Bertz CT molecular complexity index is 149. The van der Waals surface area contributed by atoms with Crippen LogP contribution in [-0.4, -0.2) is 0 Å². The van der Waals surface area contributed by atoms with E-state index in [0.717, 1.165) is 17.8 Å². The van der Waals surface area contributed by atoms with Crippen molar-refractivity contribution in [3.05, 3.63) is 11.6 Å². The zero-order valence-corrected chi connectivity index (χ0v) is 12.9. The van der Waals surface area contributed by atoms with Crippen LogP contribution in [-0.2, 0) is 0 Å². The van der Waals surface area contributed by atoms with E-state index in [9.17, 15) is 0 Å². The van der Waals surface area contributed by atoms with E-state index in [1.807, 2.05) is 0 Å². The van der Waals surface area contributed by atoms with Crippen molar-refractivity contribution in [3.63, 3.8) is 0 Å². The molecule has 16 heavy (non-hydrogen) atoms. The summed E-state index contributed by atoms with van der Waals surface area (Å²) >= 11 is 0. The average molecular weight is 226 g/mol. The molecule has 0 heterocycles. The zero-order valence-electron chi connectivity index (χ0n) is 12.9. The van der Waals surface area contributed by atoms with Gasteiger partial charge in [-0.3, -0.25) is 0 Å². The maximum absolute atomic E-state index is 2.28. The van der Waals surface area contributed by atoms with Gasteiger partial charge in [0.2, 0.25) is 0 Å². The number of allylic oxidation sites excluding steroid dienone is 2. The molecule has 0 saturated carbocycles. The van der Waals surface area contributed by atoms with E-state index in [-0.39, 0.29) is 0 Å². The summed E-state index contributed by atoms with van der Waals surface area (Å²) in [6, 6.07) is 0. The fourth-order valence-electron chi connectivity index (χ4n) is 1.14. The van der Waals surface area contributed by atoms with E-state index < -0.39 is 0 Å². The van der Waals surface area contributed by atoms with E-state index in [4.69, 9.17) is 0 Å². The monoisotopic (exact) mass is 226 g/mol. The molecule has 0 spiro atoms. The summed E-state index contributed by atoms with van der Waals surface area (Å²) in [5.74, 6) is 2.58. The molecule has 0 saturated heterocycles. The van der Waals surface area contributed by atoms with Crippen LogP contribution in [0.15, 0.2) is 11.6 Å². The molecular formula is C16H34. The van der Waals surface area contributed by atoms with Crippen molar-refractivity contribution in [2.45, 2.75) is 74.7 Å². The second kappa shape index (κ2) is 11.2. The largest absolute Gasteiger partial charge is 0.0856 e. The molecule has 0 atom stereocenters. The van der Waals surface area contributed by atoms with E-state index in [0.29, 0.717) is 0 Å². The van der Waals surface area contributed by atoms with Crippen molar-refractivity contribution in [1.82, 2.24) is 0 Å². The molecule has 0 nitrogen and oxygen atoms in total. The highest BCUT2D eigenvalue weighted by Gasteiger charge is 1.95. The molecule has 0 amide bonds. The summed E-state index contributed by atoms with van der Waals surface area (Å²) in [6.45, 7) is 17.9. The fourth-order valence-corrected chi connectivity index (χ4v) is 1.14. The number of rotatable bonds is 5. The van der Waals surface area contributed by atoms with Crippen LogP contribution in [0.1, 0.15) is 74.7 Å². The van der Waals surface area contributed by atoms with Crippen LogP contribution in [0.5, 0.6) is 0 Å². The molecule has 0 aromatic carbocycles. The van der Waals surface area contributed by atoms with Crippen molar-refractivity contribution < 1.29 is 0 Å². The minimum absolute atomic E-state index is 0.810. The molecular weight excluding hydrogens is 192 g/mol. The molecule has 98 valence electrons. The van der Waals surface area contributed by atoms with Crippen LogP contribution in [0.25, 0.3) is 0 Å². The van der Waals surface area contributed by atoms with Crippen molar-refractivity contribution in [2.24, 2.45) is 17.8 Å². The van der Waals surface area contributed by atoms with E-state index in [1.165, 1.54) is 24.8 Å². The lowest BCUT2D eigenvalue weighted by molar-refractivity contribution is 0.476. The topological polar surface area (TPSA) is 0 Å². The molecule has 0 aromatic heterocycles. The van der Waals surface area contributed by atoms with E-state index in [1.54, 1.807) is 0 Å². The molecule has 0 aromatic rings. The first-order valence-corrected chi connectivity index (χ1v) is 6.89. The molecule has 0 rings (SSSR count). The first-order chi connectivity index (χ1) is 7.25. The SMILES string of the molecule is CC(C)=CCC(C)C.CC(C)CCC(C)C. The van der Waals surface area contributed by atoms with Crippen LogP contribution in [0.2, 0.25) is 0 Å². The minimum Gasteiger partial charge on any atom is -0.0856 e. The van der Waals surface area contributed by atoms with Crippen LogP contribution in [0.3, 0.4) is 0 Å². The summed E-state index contributed by atoms with van der Waals surface area (Å²) in [6.07, 6.45) is 6.28. The first-order valence-electron chi connectivity index (χ1n) is 6.89. The van der Waals surface area contributed by atoms with Gasteiger partial charge in [0.1, 0.15) is 0 Å². The predicted octanol–water partition coefficient (Wildman–Crippen LogP) is 6.08. The zero-order chi connectivity index (χ0) is 13.1. The smallest absolute Gasteiger partial charge is 0.0325 e. The normalized spacial score (nSPS) is 10.4. The predicted molar refractivity (Wildman–Crippen MR) is 77.8 cm³/mol. The van der Waals surface area contributed by atoms with Gasteiger partial charge in [0.05, 0.1) is 0 Å². The van der Waals surface area contributed by atoms with Gasteiger partial charge < -0.3 is 0 Å². The van der Waals surface area contributed by atoms with Crippen molar-refractivity contribution >= 4 is 0 Å². The van der Waals surface area contributed by atoms with E-state index >= 15 is 0 Å². The fraction of sp³-hybridized carbons (Fsp3) is 0.875. The second-order valence-electron chi connectivity index (χ2n) is 6.28. The lowest BCUT2D eigenvalue weighted by atomic mass is 10.0. The van der Waals surface area contributed by atoms with Gasteiger partial charge in [0.25, 0.3) is 0 Å². The number of hydrogen-bond donors (Lipinski definition) is 0. The van der Waals surface area contributed by atoms with Crippen LogP contribution >= 0.6 is 0 Å². The Morgan fingerprint density at radius 3 is 1.25 bits per heavy atom. The third-order valence-corrected chi connectivity index (χ3v) is 2.32. The Morgan fingerprint density at radius 2 is 1.12 bits per heavy atom. The van der Waals surface area contributed by atoms with Gasteiger partial charge in [-0.05, 0) is 38.0 Å². The molecule has 0 heteroatoms. The molecule has 0 aliphatic carbocycles. The summed E-state index contributed by atoms with van der Waals surface area (Å²) in [5.41, 5.74) is 1.43. The van der Waals surface area contributed by atoms with Gasteiger partial charge in [0.15, 0.2) is 0 Å². The molecule has 0 radical (unpaired) electrons. The quantitative estimate of drug-likeness (QED) is 0.498. The van der Waals surface area contributed by atoms with Gasteiger partial charge in [-0.1, -0.05) is 66.0 Å². The summed E-state index contributed by atoms with van der Waals surface area (Å²) in [7, 11) is 0. The van der Waals surface area contributed by atoms with Crippen LogP contribution in [0, 0.1) is 17.8 Å². The molecule has 0 bridgehead atoms. The Hall–Kier alpha value is -0.260. The first kappa shape index (κ1) is 18.1. The van der Waals surface area contributed by atoms with Gasteiger partial charge in [0, 0.05) is 0 Å². The van der Waals surface area contributed by atoms with Crippen molar-refractivity contribution in [2.75, 3.05) is 0 Å². The third-order valence-electron chi connectivity index (χ3n) is 2.32. The highest BCUT2D eigenvalue weighted by Crippen LogP contribution is 2.09. The lowest BCUT2D eigenvalue weighted by Crippen LogP contribution is -1.91. The summed E-state index contributed by atoms with van der Waals surface area (Å²) in [4.78, 5) is 0. The Kier molecular flexibility index (Phi) is 12.7. The molecule has 0 N–H and O–H groups in total. The summed E-state index contributed by atoms with van der Waals surface area (Å²) in [5, 5.41) is 0. The standard InChI is InChI=1S/C8H18.C8H16/c2*1-7(2)5-6-8(3)4/h7-8H,5-6H2,1-4H3;5,8H,6H2,1-4H3. The highest BCUT2D eigenvalue weighted by molar-refractivity contribution is 4.92. The Morgan fingerprint density at radius 1 is 0.750 bits per heavy atom. The minimum atomic E-state index is 0.810. The maximum atomic E-state index is 2.28. The van der Waals surface area contributed by atoms with Crippen LogP contribution < -0.4 is 0 Å². The molecule has 0 fully saturated rings. The third kappa shape index (κ3) is 23.5. The maximum Gasteiger partial charge on any atom is -0.0325 e. The Balaban J connectivity index is 0. The van der Waals surface area contributed by atoms with E-state index in [2.05, 4.69) is 61.5 Å². The van der Waals surface area contributed by atoms with Gasteiger partial charge in [-0.25, -0.2) is 0 Å². The Labute approximate surface area is 105 Å². The van der Waals surface area contributed by atoms with Gasteiger partial charge in [-0.15, -0.1) is 0 Å². The number of hydrogen-bond acceptors (Lipinski definition) is 0. The van der Waals surface area contributed by atoms with Gasteiger partial charge in [-0.2, -0.15) is 0 Å². The molecule has 0 unspecified atom stereocenters.